The smallest absolute Gasteiger partial charge is 0.334 e. The Labute approximate surface area is 147 Å². The molecule has 2 heterocycles. The number of aryl methyl sites for hydroxylation is 1. The second-order valence-corrected chi connectivity index (χ2v) is 6.42. The number of carbonyl (C=O) groups is 2. The Morgan fingerprint density at radius 3 is 2.71 bits per heavy atom. The Bertz CT molecular complexity index is 772. The number of halogens is 1. The van der Waals surface area contributed by atoms with Crippen molar-refractivity contribution in [1.82, 2.24) is 14.7 Å². The third-order valence-electron chi connectivity index (χ3n) is 3.81. The fraction of sp³-hybridized carbons (Fsp3) is 0.312. The Morgan fingerprint density at radius 2 is 2.04 bits per heavy atom. The first kappa shape index (κ1) is 16.7. The molecule has 0 aliphatic carbocycles. The molecule has 7 nitrogen and oxygen atoms in total. The minimum atomic E-state index is -1.07. The van der Waals surface area contributed by atoms with Crippen LogP contribution in [0, 0.1) is 6.92 Å². The van der Waals surface area contributed by atoms with Crippen molar-refractivity contribution in [2.75, 3.05) is 19.7 Å². The number of hydrogen-bond acceptors (Lipinski definition) is 4. The molecule has 1 N–H and O–H groups in total. The van der Waals surface area contributed by atoms with Gasteiger partial charge in [-0.15, -0.1) is 0 Å². The molecule has 1 saturated heterocycles. The Hall–Kier alpha value is -2.19. The summed E-state index contributed by atoms with van der Waals surface area (Å²) in [6.45, 7) is 2.45. The molecule has 8 heteroatoms. The highest BCUT2D eigenvalue weighted by molar-refractivity contribution is 9.10. The molecule has 1 amide bonds. The van der Waals surface area contributed by atoms with Crippen LogP contribution in [0.15, 0.2) is 34.8 Å². The van der Waals surface area contributed by atoms with Crippen LogP contribution in [0.3, 0.4) is 0 Å². The predicted octanol–water partition coefficient (Wildman–Crippen LogP) is 1.87. The van der Waals surface area contributed by atoms with E-state index >= 15 is 0 Å². The molecular weight excluding hydrogens is 378 g/mol. The summed E-state index contributed by atoms with van der Waals surface area (Å²) in [6, 6.07) is 9.30. The van der Waals surface area contributed by atoms with Gasteiger partial charge in [-0.1, -0.05) is 15.9 Å². The van der Waals surface area contributed by atoms with E-state index in [4.69, 9.17) is 9.84 Å². The monoisotopic (exact) mass is 393 g/mol. The van der Waals surface area contributed by atoms with E-state index in [1.807, 2.05) is 31.2 Å². The van der Waals surface area contributed by atoms with Crippen LogP contribution in [0.4, 0.5) is 0 Å². The number of carboxylic acids is 1. The molecule has 1 fully saturated rings. The molecule has 1 aliphatic heterocycles. The second kappa shape index (κ2) is 6.74. The average molecular weight is 394 g/mol. The van der Waals surface area contributed by atoms with Crippen LogP contribution in [-0.4, -0.2) is 57.5 Å². The Morgan fingerprint density at radius 1 is 1.33 bits per heavy atom. The minimum Gasteiger partial charge on any atom is -0.479 e. The molecule has 1 atom stereocenters. The first-order chi connectivity index (χ1) is 11.5. The molecule has 24 heavy (non-hydrogen) atoms. The summed E-state index contributed by atoms with van der Waals surface area (Å²) < 4.78 is 7.79. The summed E-state index contributed by atoms with van der Waals surface area (Å²) in [5, 5.41) is 13.4. The maximum absolute atomic E-state index is 12.6. The van der Waals surface area contributed by atoms with Gasteiger partial charge < -0.3 is 14.7 Å². The minimum absolute atomic E-state index is 0.0261. The van der Waals surface area contributed by atoms with Crippen molar-refractivity contribution in [1.29, 1.82) is 0 Å². The lowest BCUT2D eigenvalue weighted by atomic mass is 10.2. The van der Waals surface area contributed by atoms with Gasteiger partial charge in [0.1, 0.15) is 0 Å². The van der Waals surface area contributed by atoms with Crippen LogP contribution in [0.25, 0.3) is 5.69 Å². The third-order valence-corrected chi connectivity index (χ3v) is 4.34. The predicted molar refractivity (Wildman–Crippen MR) is 89.3 cm³/mol. The van der Waals surface area contributed by atoms with Crippen molar-refractivity contribution in [3.8, 4) is 5.69 Å². The molecule has 2 aromatic rings. The molecule has 1 aromatic carbocycles. The number of hydrogen-bond donors (Lipinski definition) is 1. The van der Waals surface area contributed by atoms with Gasteiger partial charge in [-0.3, -0.25) is 4.79 Å². The SMILES string of the molecule is Cc1cc(C(=O)N2CCO[C@H](C(=O)O)C2)nn1-c1ccc(Br)cc1. The zero-order valence-corrected chi connectivity index (χ0v) is 14.6. The number of benzene rings is 1. The summed E-state index contributed by atoms with van der Waals surface area (Å²) in [7, 11) is 0. The van der Waals surface area contributed by atoms with Crippen molar-refractivity contribution in [2.24, 2.45) is 0 Å². The van der Waals surface area contributed by atoms with Crippen LogP contribution >= 0.6 is 15.9 Å². The molecule has 1 aromatic heterocycles. The highest BCUT2D eigenvalue weighted by Crippen LogP contribution is 2.17. The molecule has 1 aliphatic rings. The van der Waals surface area contributed by atoms with Crippen molar-refractivity contribution in [3.05, 3.63) is 46.2 Å². The van der Waals surface area contributed by atoms with Crippen molar-refractivity contribution < 1.29 is 19.4 Å². The molecule has 126 valence electrons. The summed E-state index contributed by atoms with van der Waals surface area (Å²) in [5.74, 6) is -1.35. The number of carbonyl (C=O) groups excluding carboxylic acids is 1. The highest BCUT2D eigenvalue weighted by Gasteiger charge is 2.30. The number of carboxylic acid groups (broad SMARTS) is 1. The van der Waals surface area contributed by atoms with Crippen molar-refractivity contribution in [3.63, 3.8) is 0 Å². The number of morpholine rings is 1. The van der Waals surface area contributed by atoms with Gasteiger partial charge in [0.2, 0.25) is 0 Å². The van der Waals surface area contributed by atoms with E-state index in [0.717, 1.165) is 15.9 Å². The molecule has 0 radical (unpaired) electrons. The van der Waals surface area contributed by atoms with Gasteiger partial charge in [-0.2, -0.15) is 5.10 Å². The topological polar surface area (TPSA) is 84.7 Å². The van der Waals surface area contributed by atoms with Crippen molar-refractivity contribution in [2.45, 2.75) is 13.0 Å². The lowest BCUT2D eigenvalue weighted by molar-refractivity contribution is -0.154. The summed E-state index contributed by atoms with van der Waals surface area (Å²) in [4.78, 5) is 25.1. The summed E-state index contributed by atoms with van der Waals surface area (Å²) in [5.41, 5.74) is 1.96. The van der Waals surface area contributed by atoms with Gasteiger partial charge in [0.25, 0.3) is 5.91 Å². The lowest BCUT2D eigenvalue weighted by Gasteiger charge is -2.30. The number of ether oxygens (including phenoxy) is 1. The van der Waals surface area contributed by atoms with Gasteiger partial charge in [-0.05, 0) is 37.3 Å². The zero-order chi connectivity index (χ0) is 17.3. The summed E-state index contributed by atoms with van der Waals surface area (Å²) >= 11 is 3.38. The van der Waals surface area contributed by atoms with Crippen molar-refractivity contribution >= 4 is 27.8 Å². The second-order valence-electron chi connectivity index (χ2n) is 5.51. The molecule has 0 spiro atoms. The molecule has 0 saturated carbocycles. The standard InChI is InChI=1S/C16H16BrN3O4/c1-10-8-13(18-20(10)12-4-2-11(17)3-5-12)15(21)19-6-7-24-14(9-19)16(22)23/h2-5,8,14H,6-7,9H2,1H3,(H,22,23)/t14-/m0/s1. The Kier molecular flexibility index (Phi) is 4.68. The van der Waals surface area contributed by atoms with E-state index in [9.17, 15) is 9.59 Å². The zero-order valence-electron chi connectivity index (χ0n) is 13.0. The average Bonchev–Trinajstić information content (AvgIpc) is 2.97. The highest BCUT2D eigenvalue weighted by atomic mass is 79.9. The molecule has 0 unspecified atom stereocenters. The number of amides is 1. The third kappa shape index (κ3) is 3.34. The van der Waals surface area contributed by atoms with E-state index in [2.05, 4.69) is 21.0 Å². The number of aromatic nitrogens is 2. The first-order valence-electron chi connectivity index (χ1n) is 7.42. The van der Waals surface area contributed by atoms with Gasteiger partial charge in [0.05, 0.1) is 18.8 Å². The first-order valence-corrected chi connectivity index (χ1v) is 8.21. The van der Waals surface area contributed by atoms with Crippen LogP contribution in [0.2, 0.25) is 0 Å². The van der Waals surface area contributed by atoms with Crippen LogP contribution < -0.4 is 0 Å². The van der Waals surface area contributed by atoms with Crippen LogP contribution in [0.1, 0.15) is 16.2 Å². The van der Waals surface area contributed by atoms with Gasteiger partial charge in [0.15, 0.2) is 11.8 Å². The number of nitrogens with zero attached hydrogens (tertiary/aromatic N) is 3. The van der Waals surface area contributed by atoms with Crippen LogP contribution in [0.5, 0.6) is 0 Å². The van der Waals surface area contributed by atoms with E-state index in [-0.39, 0.29) is 19.1 Å². The van der Waals surface area contributed by atoms with E-state index in [1.54, 1.807) is 10.7 Å². The maximum atomic E-state index is 12.6. The molecule has 0 bridgehead atoms. The lowest BCUT2D eigenvalue weighted by Crippen LogP contribution is -2.48. The van der Waals surface area contributed by atoms with E-state index < -0.39 is 12.1 Å². The Balaban J connectivity index is 1.82. The van der Waals surface area contributed by atoms with E-state index in [0.29, 0.717) is 12.2 Å². The fourth-order valence-electron chi connectivity index (χ4n) is 2.57. The number of aliphatic carboxylic acids is 1. The normalized spacial score (nSPS) is 17.8. The largest absolute Gasteiger partial charge is 0.479 e. The number of rotatable bonds is 3. The fourth-order valence-corrected chi connectivity index (χ4v) is 2.83. The van der Waals surface area contributed by atoms with Gasteiger partial charge >= 0.3 is 5.97 Å². The summed E-state index contributed by atoms with van der Waals surface area (Å²) in [6.07, 6.45) is -0.989. The molecule has 3 rings (SSSR count). The van der Waals surface area contributed by atoms with Gasteiger partial charge in [0, 0.05) is 16.7 Å². The van der Waals surface area contributed by atoms with E-state index in [1.165, 1.54) is 4.90 Å². The van der Waals surface area contributed by atoms with Crippen LogP contribution in [-0.2, 0) is 9.53 Å². The van der Waals surface area contributed by atoms with Gasteiger partial charge in [-0.25, -0.2) is 9.48 Å². The molecular formula is C16H16BrN3O4. The quantitative estimate of drug-likeness (QED) is 0.860. The maximum Gasteiger partial charge on any atom is 0.334 e.